The van der Waals surface area contributed by atoms with Gasteiger partial charge in [-0.05, 0) is 43.0 Å². The lowest BCUT2D eigenvalue weighted by Crippen LogP contribution is -2.31. The quantitative estimate of drug-likeness (QED) is 0.572. The van der Waals surface area contributed by atoms with Crippen LogP contribution in [0.5, 0.6) is 5.75 Å². The summed E-state index contributed by atoms with van der Waals surface area (Å²) < 4.78 is 5.39. The Morgan fingerprint density at radius 3 is 2.76 bits per heavy atom. The number of ether oxygens (including phenoxy) is 1. The largest absolute Gasteiger partial charge is 0.507 e. The number of hydrogen-bond acceptors (Lipinski definition) is 9. The molecule has 9 nitrogen and oxygen atoms in total. The highest BCUT2D eigenvalue weighted by molar-refractivity contribution is 5.74. The first-order valence-electron chi connectivity index (χ1n) is 11.5. The highest BCUT2D eigenvalue weighted by atomic mass is 16.5. The summed E-state index contributed by atoms with van der Waals surface area (Å²) in [6.45, 7) is 4.67. The van der Waals surface area contributed by atoms with Gasteiger partial charge >= 0.3 is 0 Å². The van der Waals surface area contributed by atoms with E-state index < -0.39 is 0 Å². The second-order valence-electron chi connectivity index (χ2n) is 8.41. The smallest absolute Gasteiger partial charge is 0.206 e. The van der Waals surface area contributed by atoms with Gasteiger partial charge in [0, 0.05) is 50.5 Å². The van der Waals surface area contributed by atoms with E-state index in [1.807, 2.05) is 24.3 Å². The van der Waals surface area contributed by atoms with E-state index in [1.54, 1.807) is 18.3 Å². The van der Waals surface area contributed by atoms with Crippen molar-refractivity contribution in [3.63, 3.8) is 0 Å². The highest BCUT2D eigenvalue weighted by Gasteiger charge is 2.20. The first kappa shape index (κ1) is 21.9. The maximum absolute atomic E-state index is 10.2. The molecule has 2 saturated heterocycles. The third-order valence-electron chi connectivity index (χ3n) is 6.10. The average molecular weight is 458 g/mol. The Morgan fingerprint density at radius 1 is 1.06 bits per heavy atom. The van der Waals surface area contributed by atoms with Crippen molar-refractivity contribution in [1.82, 2.24) is 20.2 Å². The zero-order valence-electron chi connectivity index (χ0n) is 18.9. The van der Waals surface area contributed by atoms with Crippen LogP contribution in [0, 0.1) is 17.8 Å². The Hall–Kier alpha value is -3.90. The Morgan fingerprint density at radius 2 is 1.91 bits per heavy atom. The van der Waals surface area contributed by atoms with E-state index in [1.165, 1.54) is 0 Å². The summed E-state index contributed by atoms with van der Waals surface area (Å²) >= 11 is 0. The zero-order valence-corrected chi connectivity index (χ0v) is 18.9. The van der Waals surface area contributed by atoms with Crippen molar-refractivity contribution in [2.24, 2.45) is 5.92 Å². The molecule has 0 bridgehead atoms. The third kappa shape index (κ3) is 4.87. The van der Waals surface area contributed by atoms with E-state index in [9.17, 15) is 5.11 Å². The number of phenols is 1. The predicted octanol–water partition coefficient (Wildman–Crippen LogP) is 2.33. The number of aromatic nitrogens is 4. The zero-order chi connectivity index (χ0) is 23.3. The molecular formula is C25H27N7O2. The molecule has 0 amide bonds. The molecule has 34 heavy (non-hydrogen) atoms. The Labute approximate surface area is 198 Å². The normalized spacial score (nSPS) is 18.3. The minimum Gasteiger partial charge on any atom is -0.507 e. The molecule has 1 aromatic carbocycles. The minimum atomic E-state index is 0.165. The molecule has 3 aromatic rings. The molecule has 0 spiro atoms. The van der Waals surface area contributed by atoms with Crippen molar-refractivity contribution < 1.29 is 9.84 Å². The van der Waals surface area contributed by atoms with E-state index in [2.05, 4.69) is 41.8 Å². The maximum Gasteiger partial charge on any atom is 0.206 e. The number of para-hydroxylation sites is 1. The summed E-state index contributed by atoms with van der Waals surface area (Å²) in [5.41, 5.74) is 8.25. The first-order chi connectivity index (χ1) is 16.7. The van der Waals surface area contributed by atoms with Crippen LogP contribution in [0.4, 0.5) is 17.3 Å². The van der Waals surface area contributed by atoms with Gasteiger partial charge in [-0.1, -0.05) is 18.1 Å². The van der Waals surface area contributed by atoms with Crippen LogP contribution in [-0.2, 0) is 4.74 Å². The van der Waals surface area contributed by atoms with Gasteiger partial charge < -0.3 is 25.4 Å². The number of anilines is 3. The third-order valence-corrected chi connectivity index (χ3v) is 6.10. The Balaban J connectivity index is 1.31. The molecule has 0 aliphatic carbocycles. The molecule has 1 atom stereocenters. The fourth-order valence-corrected chi connectivity index (χ4v) is 4.25. The van der Waals surface area contributed by atoms with Crippen molar-refractivity contribution in [2.45, 2.75) is 12.8 Å². The van der Waals surface area contributed by atoms with E-state index in [-0.39, 0.29) is 11.7 Å². The molecule has 0 radical (unpaired) electrons. The minimum absolute atomic E-state index is 0.165. The van der Waals surface area contributed by atoms with E-state index in [0.717, 1.165) is 57.1 Å². The molecule has 2 fully saturated rings. The van der Waals surface area contributed by atoms with Crippen LogP contribution in [0.1, 0.15) is 18.7 Å². The summed E-state index contributed by atoms with van der Waals surface area (Å²) in [5.74, 6) is 8.56. The van der Waals surface area contributed by atoms with Crippen LogP contribution in [-0.4, -0.2) is 64.7 Å². The Bertz CT molecular complexity index is 1220. The number of nitrogens with two attached hydrogens (primary N) is 1. The van der Waals surface area contributed by atoms with Crippen molar-refractivity contribution in [1.29, 1.82) is 0 Å². The summed E-state index contributed by atoms with van der Waals surface area (Å²) in [6, 6.07) is 10.9. The monoisotopic (exact) mass is 457 g/mol. The fraction of sp³-hybridized carbons (Fsp3) is 0.360. The first-order valence-corrected chi connectivity index (χ1v) is 11.5. The van der Waals surface area contributed by atoms with Crippen LogP contribution in [0.25, 0.3) is 11.3 Å². The number of phenolic OH excluding ortho intramolecular Hbond substituents is 1. The average Bonchev–Trinajstić information content (AvgIpc) is 3.27. The van der Waals surface area contributed by atoms with Gasteiger partial charge in [0.1, 0.15) is 11.6 Å². The lowest BCUT2D eigenvalue weighted by atomic mass is 10.1. The van der Waals surface area contributed by atoms with Crippen LogP contribution in [0.3, 0.4) is 0 Å². The molecule has 3 N–H and O–H groups in total. The number of benzene rings is 1. The van der Waals surface area contributed by atoms with Gasteiger partial charge in [-0.25, -0.2) is 9.97 Å². The molecule has 2 aromatic heterocycles. The molecule has 0 saturated carbocycles. The molecule has 2 aliphatic heterocycles. The van der Waals surface area contributed by atoms with E-state index in [0.29, 0.717) is 29.5 Å². The van der Waals surface area contributed by atoms with E-state index >= 15 is 0 Å². The lowest BCUT2D eigenvalue weighted by molar-refractivity contribution is 0.192. The van der Waals surface area contributed by atoms with Gasteiger partial charge in [-0.15, -0.1) is 10.2 Å². The number of hydrogen-bond donors (Lipinski definition) is 2. The number of nitrogen functional groups attached to an aromatic ring is 1. The van der Waals surface area contributed by atoms with Crippen LogP contribution >= 0.6 is 0 Å². The molecule has 4 heterocycles. The van der Waals surface area contributed by atoms with Gasteiger partial charge in [0.2, 0.25) is 5.82 Å². The molecule has 5 rings (SSSR count). The molecule has 1 unspecified atom stereocenters. The van der Waals surface area contributed by atoms with Crippen molar-refractivity contribution in [3.05, 3.63) is 48.4 Å². The van der Waals surface area contributed by atoms with Crippen molar-refractivity contribution in [2.75, 3.05) is 54.9 Å². The van der Waals surface area contributed by atoms with Gasteiger partial charge in [0.05, 0.1) is 18.0 Å². The van der Waals surface area contributed by atoms with E-state index in [4.69, 9.17) is 10.5 Å². The molecule has 2 aliphatic rings. The summed E-state index contributed by atoms with van der Waals surface area (Å²) in [6.07, 6.45) is 3.66. The van der Waals surface area contributed by atoms with Crippen molar-refractivity contribution >= 4 is 17.3 Å². The number of aromatic hydroxyl groups is 1. The molecular weight excluding hydrogens is 430 g/mol. The topological polar surface area (TPSA) is 114 Å². The summed E-state index contributed by atoms with van der Waals surface area (Å²) in [4.78, 5) is 13.5. The second-order valence-corrected chi connectivity index (χ2v) is 8.41. The van der Waals surface area contributed by atoms with Crippen LogP contribution < -0.4 is 15.5 Å². The Kier molecular flexibility index (Phi) is 6.40. The molecule has 174 valence electrons. The van der Waals surface area contributed by atoms with Gasteiger partial charge in [0.25, 0.3) is 0 Å². The molecule has 9 heteroatoms. The predicted molar refractivity (Wildman–Crippen MR) is 130 cm³/mol. The number of rotatable bonds is 3. The van der Waals surface area contributed by atoms with Gasteiger partial charge in [-0.2, -0.15) is 0 Å². The highest BCUT2D eigenvalue weighted by Crippen LogP contribution is 2.31. The second kappa shape index (κ2) is 9.93. The van der Waals surface area contributed by atoms with Gasteiger partial charge in [0.15, 0.2) is 5.82 Å². The van der Waals surface area contributed by atoms with Crippen LogP contribution in [0.15, 0.2) is 42.6 Å². The summed E-state index contributed by atoms with van der Waals surface area (Å²) in [5, 5.41) is 18.6. The lowest BCUT2D eigenvalue weighted by Gasteiger charge is -2.25. The van der Waals surface area contributed by atoms with Gasteiger partial charge in [-0.3, -0.25) is 0 Å². The standard InChI is InChI=1S/C25H27N7O2/c26-25-21(16-20(29-30-25)19-4-1-2-5-22(19)33)31-11-3-12-32(14-13-31)24-8-10-27-23(28-24)7-6-18-9-15-34-17-18/h1-2,4-5,8,10,16,18,33H,3,9,11-15,17H2,(H2,26,30). The van der Waals surface area contributed by atoms with Crippen LogP contribution in [0.2, 0.25) is 0 Å². The van der Waals surface area contributed by atoms with Crippen molar-refractivity contribution in [3.8, 4) is 28.8 Å². The number of nitrogens with zero attached hydrogens (tertiary/aromatic N) is 6. The maximum atomic E-state index is 10.2. The SMILES string of the molecule is Nc1nnc(-c2ccccc2O)cc1N1CCCN(c2ccnc(C#CC3CCOC3)n2)CC1. The fourth-order valence-electron chi connectivity index (χ4n) is 4.25. The summed E-state index contributed by atoms with van der Waals surface area (Å²) in [7, 11) is 0.